The van der Waals surface area contributed by atoms with Crippen molar-refractivity contribution in [1.29, 1.82) is 0 Å². The molecular formula is C11H10N2O5. The van der Waals surface area contributed by atoms with Crippen LogP contribution in [0.2, 0.25) is 0 Å². The van der Waals surface area contributed by atoms with Gasteiger partial charge in [0.25, 0.3) is 5.69 Å². The third-order valence-corrected chi connectivity index (χ3v) is 1.94. The normalized spacial score (nSPS) is 10.2. The summed E-state index contributed by atoms with van der Waals surface area (Å²) in [7, 11) is 0. The minimum atomic E-state index is -1.13. The van der Waals surface area contributed by atoms with Crippen molar-refractivity contribution in [3.8, 4) is 0 Å². The molecule has 0 radical (unpaired) electrons. The van der Waals surface area contributed by atoms with Crippen molar-refractivity contribution in [3.05, 3.63) is 46.0 Å². The van der Waals surface area contributed by atoms with Gasteiger partial charge in [-0.1, -0.05) is 0 Å². The molecule has 0 aliphatic carbocycles. The van der Waals surface area contributed by atoms with Gasteiger partial charge in [-0.05, 0) is 23.8 Å². The van der Waals surface area contributed by atoms with Gasteiger partial charge >= 0.3 is 5.97 Å². The highest BCUT2D eigenvalue weighted by molar-refractivity contribution is 5.93. The lowest BCUT2D eigenvalue weighted by molar-refractivity contribution is -0.384. The average molecular weight is 250 g/mol. The first kappa shape index (κ1) is 13.4. The summed E-state index contributed by atoms with van der Waals surface area (Å²) in [4.78, 5) is 31.2. The third-order valence-electron chi connectivity index (χ3n) is 1.94. The van der Waals surface area contributed by atoms with E-state index in [-0.39, 0.29) is 5.69 Å². The zero-order valence-corrected chi connectivity index (χ0v) is 9.20. The van der Waals surface area contributed by atoms with E-state index in [0.717, 1.165) is 6.08 Å². The maximum atomic E-state index is 11.1. The lowest BCUT2D eigenvalue weighted by atomic mass is 10.2. The molecule has 1 aromatic rings. The van der Waals surface area contributed by atoms with E-state index in [1.54, 1.807) is 0 Å². The Kier molecular flexibility index (Phi) is 4.56. The molecule has 0 unspecified atom stereocenters. The van der Waals surface area contributed by atoms with Gasteiger partial charge in [-0.3, -0.25) is 19.7 Å². The molecule has 0 saturated carbocycles. The van der Waals surface area contributed by atoms with Gasteiger partial charge in [0, 0.05) is 18.2 Å². The fraction of sp³-hybridized carbons (Fsp3) is 0.0909. The van der Waals surface area contributed by atoms with E-state index in [9.17, 15) is 19.7 Å². The van der Waals surface area contributed by atoms with Crippen molar-refractivity contribution in [3.63, 3.8) is 0 Å². The number of nitrogens with zero attached hydrogens (tertiary/aromatic N) is 1. The number of hydrogen-bond donors (Lipinski definition) is 2. The van der Waals surface area contributed by atoms with Crippen LogP contribution in [0.1, 0.15) is 5.56 Å². The smallest absolute Gasteiger partial charge is 0.322 e. The summed E-state index contributed by atoms with van der Waals surface area (Å²) < 4.78 is 0. The van der Waals surface area contributed by atoms with Crippen LogP contribution in [0.15, 0.2) is 30.3 Å². The largest absolute Gasteiger partial charge is 0.480 e. The summed E-state index contributed by atoms with van der Waals surface area (Å²) in [5, 5.41) is 20.9. The van der Waals surface area contributed by atoms with Gasteiger partial charge in [0.2, 0.25) is 5.91 Å². The summed E-state index contributed by atoms with van der Waals surface area (Å²) in [6, 6.07) is 5.60. The number of nitro benzene ring substituents is 1. The van der Waals surface area contributed by atoms with Crippen molar-refractivity contribution in [2.24, 2.45) is 0 Å². The van der Waals surface area contributed by atoms with E-state index in [2.05, 4.69) is 5.32 Å². The Morgan fingerprint density at radius 3 is 2.44 bits per heavy atom. The van der Waals surface area contributed by atoms with Crippen LogP contribution in [0.25, 0.3) is 6.08 Å². The van der Waals surface area contributed by atoms with E-state index in [4.69, 9.17) is 5.11 Å². The van der Waals surface area contributed by atoms with Gasteiger partial charge in [0.1, 0.15) is 6.54 Å². The number of amides is 1. The van der Waals surface area contributed by atoms with Crippen LogP contribution in [-0.4, -0.2) is 28.5 Å². The molecule has 7 nitrogen and oxygen atoms in total. The number of carbonyl (C=O) groups excluding carboxylic acids is 1. The Bertz CT molecular complexity index is 493. The van der Waals surface area contributed by atoms with Crippen molar-refractivity contribution in [1.82, 2.24) is 5.32 Å². The second-order valence-electron chi connectivity index (χ2n) is 3.29. The Hall–Kier alpha value is -2.70. The average Bonchev–Trinajstić information content (AvgIpc) is 2.34. The molecule has 0 saturated heterocycles. The van der Waals surface area contributed by atoms with Crippen LogP contribution in [0.4, 0.5) is 5.69 Å². The van der Waals surface area contributed by atoms with Gasteiger partial charge in [-0.15, -0.1) is 0 Å². The van der Waals surface area contributed by atoms with Crippen LogP contribution in [0.3, 0.4) is 0 Å². The van der Waals surface area contributed by atoms with E-state index < -0.39 is 23.3 Å². The highest BCUT2D eigenvalue weighted by atomic mass is 16.6. The first-order valence-corrected chi connectivity index (χ1v) is 4.91. The Balaban J connectivity index is 2.58. The zero-order valence-electron chi connectivity index (χ0n) is 9.20. The molecule has 0 heterocycles. The van der Waals surface area contributed by atoms with Crippen molar-refractivity contribution < 1.29 is 19.6 Å². The highest BCUT2D eigenvalue weighted by Gasteiger charge is 2.03. The maximum absolute atomic E-state index is 11.1. The van der Waals surface area contributed by atoms with Crippen molar-refractivity contribution in [2.45, 2.75) is 0 Å². The van der Waals surface area contributed by atoms with E-state index >= 15 is 0 Å². The molecule has 2 N–H and O–H groups in total. The molecule has 0 aromatic heterocycles. The van der Waals surface area contributed by atoms with Crippen molar-refractivity contribution in [2.75, 3.05) is 6.54 Å². The molecule has 0 aliphatic rings. The first-order valence-electron chi connectivity index (χ1n) is 4.91. The van der Waals surface area contributed by atoms with Crippen LogP contribution >= 0.6 is 0 Å². The summed E-state index contributed by atoms with van der Waals surface area (Å²) in [5.41, 5.74) is 0.563. The first-order chi connectivity index (χ1) is 8.49. The molecule has 1 amide bonds. The third kappa shape index (κ3) is 4.44. The number of carboxylic acids is 1. The predicted molar refractivity (Wildman–Crippen MR) is 62.8 cm³/mol. The number of nitrogens with one attached hydrogen (secondary N) is 1. The van der Waals surface area contributed by atoms with Crippen molar-refractivity contribution >= 4 is 23.6 Å². The fourth-order valence-corrected chi connectivity index (χ4v) is 1.10. The predicted octanol–water partition coefficient (Wildman–Crippen LogP) is 0.809. The Morgan fingerprint density at radius 2 is 1.94 bits per heavy atom. The van der Waals surface area contributed by atoms with E-state index in [1.165, 1.54) is 30.3 Å². The number of rotatable bonds is 5. The highest BCUT2D eigenvalue weighted by Crippen LogP contribution is 2.12. The second-order valence-corrected chi connectivity index (χ2v) is 3.29. The summed E-state index contributed by atoms with van der Waals surface area (Å²) in [5.74, 6) is -1.68. The molecule has 7 heteroatoms. The number of nitro groups is 1. The molecular weight excluding hydrogens is 240 g/mol. The lowest BCUT2D eigenvalue weighted by Crippen LogP contribution is -2.27. The number of hydrogen-bond acceptors (Lipinski definition) is 4. The number of aliphatic carboxylic acids is 1. The minimum absolute atomic E-state index is 0.0394. The summed E-state index contributed by atoms with van der Waals surface area (Å²) in [6.07, 6.45) is 2.59. The van der Waals surface area contributed by atoms with E-state index in [1.807, 2.05) is 0 Å². The van der Waals surface area contributed by atoms with Gasteiger partial charge in [0.05, 0.1) is 4.92 Å². The van der Waals surface area contributed by atoms with Gasteiger partial charge in [-0.2, -0.15) is 0 Å². The minimum Gasteiger partial charge on any atom is -0.480 e. The van der Waals surface area contributed by atoms with Gasteiger partial charge in [-0.25, -0.2) is 0 Å². The second kappa shape index (κ2) is 6.14. The molecule has 0 atom stereocenters. The fourth-order valence-electron chi connectivity index (χ4n) is 1.10. The topological polar surface area (TPSA) is 110 Å². The summed E-state index contributed by atoms with van der Waals surface area (Å²) in [6.45, 7) is -0.455. The van der Waals surface area contributed by atoms with Crippen LogP contribution in [-0.2, 0) is 9.59 Å². The van der Waals surface area contributed by atoms with Crippen LogP contribution in [0.5, 0.6) is 0 Å². The van der Waals surface area contributed by atoms with E-state index in [0.29, 0.717) is 5.56 Å². The summed E-state index contributed by atoms with van der Waals surface area (Å²) >= 11 is 0. The molecule has 0 fully saturated rings. The molecule has 0 spiro atoms. The Morgan fingerprint density at radius 1 is 1.33 bits per heavy atom. The number of carboxylic acid groups (broad SMARTS) is 1. The molecule has 18 heavy (non-hydrogen) atoms. The monoisotopic (exact) mass is 250 g/mol. The molecule has 94 valence electrons. The van der Waals surface area contributed by atoms with Gasteiger partial charge < -0.3 is 10.4 Å². The lowest BCUT2D eigenvalue weighted by Gasteiger charge is -1.96. The van der Waals surface area contributed by atoms with Crippen LogP contribution < -0.4 is 5.32 Å². The number of carbonyl (C=O) groups is 2. The molecule has 0 aliphatic heterocycles. The number of benzene rings is 1. The molecule has 1 rings (SSSR count). The maximum Gasteiger partial charge on any atom is 0.322 e. The molecule has 1 aromatic carbocycles. The molecule has 0 bridgehead atoms. The SMILES string of the molecule is O=C(O)CNC(=O)C=Cc1ccc([N+](=O)[O-])cc1. The number of non-ortho nitro benzene ring substituents is 1. The Labute approximate surface area is 102 Å². The van der Waals surface area contributed by atoms with Crippen LogP contribution in [0, 0.1) is 10.1 Å². The quantitative estimate of drug-likeness (QED) is 0.456. The van der Waals surface area contributed by atoms with Gasteiger partial charge in [0.15, 0.2) is 0 Å². The zero-order chi connectivity index (χ0) is 13.5. The standard InChI is InChI=1S/C11H10N2O5/c14-10(12-7-11(15)16)6-3-8-1-4-9(5-2-8)13(17)18/h1-6H,7H2,(H,12,14)(H,15,16).